The van der Waals surface area contributed by atoms with Gasteiger partial charge in [0.2, 0.25) is 9.04 Å². The summed E-state index contributed by atoms with van der Waals surface area (Å²) in [5.74, 6) is 0. The zero-order chi connectivity index (χ0) is 16.3. The summed E-state index contributed by atoms with van der Waals surface area (Å²) in [6.07, 6.45) is 5.88. The molecule has 0 bridgehead atoms. The summed E-state index contributed by atoms with van der Waals surface area (Å²) in [5, 5.41) is 2.61. The molecule has 0 aromatic heterocycles. The Hall–Kier alpha value is -0.723. The van der Waals surface area contributed by atoms with Gasteiger partial charge < -0.3 is 8.98 Å². The normalized spacial score (nSPS) is 25.1. The second-order valence-corrected chi connectivity index (χ2v) is 11.4. The molecule has 2 aromatic carbocycles. The van der Waals surface area contributed by atoms with Crippen LogP contribution in [-0.2, 0) is 15.6 Å². The highest BCUT2D eigenvalue weighted by molar-refractivity contribution is 8.14. The highest BCUT2D eigenvalue weighted by atomic mass is 32.3. The second kappa shape index (κ2) is 7.45. The molecule has 1 atom stereocenters. The first-order chi connectivity index (χ1) is 11.1. The van der Waals surface area contributed by atoms with Crippen molar-refractivity contribution in [3.8, 4) is 0 Å². The van der Waals surface area contributed by atoms with Crippen LogP contribution < -0.4 is 10.4 Å². The summed E-state index contributed by atoms with van der Waals surface area (Å²) in [5.41, 5.74) is 0. The Kier molecular flexibility index (Phi) is 5.54. The Balaban J connectivity index is 1.77. The Bertz CT molecular complexity index is 576. The molecular formula is C18H22O2S2Si. The van der Waals surface area contributed by atoms with Crippen molar-refractivity contribution in [1.82, 2.24) is 0 Å². The summed E-state index contributed by atoms with van der Waals surface area (Å²) >= 11 is 0.917. The molecule has 0 N–H and O–H groups in total. The van der Waals surface area contributed by atoms with E-state index in [2.05, 4.69) is 54.8 Å². The molecule has 1 fully saturated rings. The molecule has 3 rings (SSSR count). The van der Waals surface area contributed by atoms with Crippen molar-refractivity contribution >= 4 is 42.4 Å². The minimum Gasteiger partial charge on any atom is -0.615 e. The topological polar surface area (TPSA) is 32.3 Å². The van der Waals surface area contributed by atoms with E-state index in [1.165, 1.54) is 10.4 Å². The fourth-order valence-corrected chi connectivity index (χ4v) is 7.95. The number of hydrogen-bond acceptors (Lipinski definition) is 3. The van der Waals surface area contributed by atoms with Crippen LogP contribution in [0, 0.1) is 0 Å². The Labute approximate surface area is 147 Å². The molecule has 1 saturated carbocycles. The molecule has 0 spiro atoms. The van der Waals surface area contributed by atoms with E-state index in [0.29, 0.717) is 0 Å². The monoisotopic (exact) mass is 362 g/mol. The van der Waals surface area contributed by atoms with Crippen LogP contribution in [0.3, 0.4) is 0 Å². The molecule has 2 aromatic rings. The molecule has 23 heavy (non-hydrogen) atoms. The molecule has 1 aliphatic carbocycles. The molecule has 0 amide bonds. The second-order valence-electron chi connectivity index (χ2n) is 5.94. The van der Waals surface area contributed by atoms with Gasteiger partial charge in [-0.05, 0) is 27.8 Å². The molecule has 122 valence electrons. The summed E-state index contributed by atoms with van der Waals surface area (Å²) in [6.45, 7) is 0. The first-order valence-corrected chi connectivity index (χ1v) is 12.2. The van der Waals surface area contributed by atoms with Crippen LogP contribution in [0.1, 0.15) is 12.8 Å². The van der Waals surface area contributed by atoms with Crippen molar-refractivity contribution in [2.75, 3.05) is 12.5 Å². The van der Waals surface area contributed by atoms with Gasteiger partial charge in [-0.3, -0.25) is 0 Å². The van der Waals surface area contributed by atoms with Crippen LogP contribution in [-0.4, -0.2) is 36.3 Å². The largest absolute Gasteiger partial charge is 0.615 e. The van der Waals surface area contributed by atoms with E-state index in [1.807, 2.05) is 18.4 Å². The van der Waals surface area contributed by atoms with Crippen LogP contribution in [0.5, 0.6) is 0 Å². The minimum atomic E-state index is -1.68. The van der Waals surface area contributed by atoms with Crippen molar-refractivity contribution in [2.24, 2.45) is 0 Å². The van der Waals surface area contributed by atoms with Gasteiger partial charge in [0.15, 0.2) is 4.08 Å². The molecular weight excluding hydrogens is 340 g/mol. The maximum atomic E-state index is 12.0. The van der Waals surface area contributed by atoms with Crippen molar-refractivity contribution in [1.29, 1.82) is 0 Å². The zero-order valence-electron chi connectivity index (χ0n) is 13.5. The van der Waals surface area contributed by atoms with E-state index in [4.69, 9.17) is 4.43 Å². The van der Waals surface area contributed by atoms with Gasteiger partial charge in [0.25, 0.3) is 0 Å². The molecule has 1 aliphatic rings. The van der Waals surface area contributed by atoms with Gasteiger partial charge in [-0.25, -0.2) is 0 Å². The van der Waals surface area contributed by atoms with Crippen LogP contribution in [0.4, 0.5) is 0 Å². The first kappa shape index (κ1) is 17.1. The molecule has 5 heteroatoms. The van der Waals surface area contributed by atoms with Crippen molar-refractivity contribution < 1.29 is 8.98 Å². The fraction of sp³-hybridized carbons (Fsp3) is 0.333. The molecule has 2 nitrogen and oxygen atoms in total. The van der Waals surface area contributed by atoms with Crippen LogP contribution in [0.2, 0.25) is 0 Å². The molecule has 0 saturated heterocycles. The van der Waals surface area contributed by atoms with Gasteiger partial charge in [0.1, 0.15) is 0 Å². The van der Waals surface area contributed by atoms with E-state index < -0.39 is 20.2 Å². The summed E-state index contributed by atoms with van der Waals surface area (Å²) in [6, 6.07) is 21.1. The van der Waals surface area contributed by atoms with Gasteiger partial charge >= 0.3 is 0 Å². The molecule has 1 unspecified atom stereocenters. The average molecular weight is 363 g/mol. The van der Waals surface area contributed by atoms with E-state index in [-0.39, 0.29) is 10.2 Å². The van der Waals surface area contributed by atoms with Crippen molar-refractivity contribution in [3.05, 3.63) is 60.7 Å². The Morgan fingerprint density at radius 3 is 1.91 bits per heavy atom. The first-order valence-electron chi connectivity index (χ1n) is 7.79. The number of thioether (sulfide) groups is 1. The van der Waals surface area contributed by atoms with Gasteiger partial charge in [0.05, 0.1) is 12.4 Å². The fourth-order valence-electron chi connectivity index (χ4n) is 3.05. The summed E-state index contributed by atoms with van der Waals surface area (Å²) in [4.78, 5) is 0. The summed E-state index contributed by atoms with van der Waals surface area (Å²) < 4.78 is 18.5. The van der Waals surface area contributed by atoms with E-state index in [1.54, 1.807) is 11.8 Å². The third-order valence-corrected chi connectivity index (χ3v) is 10.8. The standard InChI is InChI=1S/C18H22O2S2Si/c1-21-18(22(2)19)13-15(14-18)20-23(16-9-5-3-6-10-16)17-11-7-4-8-12-17/h3-12,15,23H,13-14H2,1-2H3. The van der Waals surface area contributed by atoms with Gasteiger partial charge in [-0.15, -0.1) is 11.8 Å². The van der Waals surface area contributed by atoms with Gasteiger partial charge in [-0.1, -0.05) is 60.7 Å². The Morgan fingerprint density at radius 2 is 1.52 bits per heavy atom. The minimum absolute atomic E-state index is 0.100. The highest BCUT2D eigenvalue weighted by Crippen LogP contribution is 2.48. The summed E-state index contributed by atoms with van der Waals surface area (Å²) in [7, 11) is -1.68. The number of rotatable bonds is 6. The maximum Gasteiger partial charge on any atom is 0.240 e. The number of hydrogen-bond donors (Lipinski definition) is 0. The third-order valence-electron chi connectivity index (χ3n) is 4.51. The van der Waals surface area contributed by atoms with Crippen LogP contribution in [0.25, 0.3) is 0 Å². The van der Waals surface area contributed by atoms with E-state index in [0.717, 1.165) is 12.8 Å². The lowest BCUT2D eigenvalue weighted by Crippen LogP contribution is -2.56. The molecule has 0 aliphatic heterocycles. The van der Waals surface area contributed by atoms with Crippen molar-refractivity contribution in [2.45, 2.75) is 23.0 Å². The number of benzene rings is 2. The highest BCUT2D eigenvalue weighted by Gasteiger charge is 2.53. The smallest absolute Gasteiger partial charge is 0.240 e. The van der Waals surface area contributed by atoms with Gasteiger partial charge in [0, 0.05) is 12.8 Å². The molecule has 0 radical (unpaired) electrons. The van der Waals surface area contributed by atoms with E-state index >= 15 is 0 Å². The predicted octanol–water partition coefficient (Wildman–Crippen LogP) is 2.14. The SMILES string of the molecule is CSC1([S+](C)[O-])CC(O[SiH](c2ccccc2)c2ccccc2)C1. The van der Waals surface area contributed by atoms with Crippen molar-refractivity contribution in [3.63, 3.8) is 0 Å². The Morgan fingerprint density at radius 1 is 1.04 bits per heavy atom. The lowest BCUT2D eigenvalue weighted by molar-refractivity contribution is 0.116. The third kappa shape index (κ3) is 3.69. The van der Waals surface area contributed by atoms with Crippen LogP contribution in [0.15, 0.2) is 60.7 Å². The van der Waals surface area contributed by atoms with E-state index in [9.17, 15) is 4.55 Å². The lowest BCUT2D eigenvalue weighted by atomic mass is 9.95. The lowest BCUT2D eigenvalue weighted by Gasteiger charge is -2.46. The quantitative estimate of drug-likeness (QED) is 0.583. The molecule has 0 heterocycles. The zero-order valence-corrected chi connectivity index (χ0v) is 16.3. The predicted molar refractivity (Wildman–Crippen MR) is 104 cm³/mol. The average Bonchev–Trinajstić information content (AvgIpc) is 2.55. The van der Waals surface area contributed by atoms with Gasteiger partial charge in [-0.2, -0.15) is 0 Å². The maximum absolute atomic E-state index is 12.0. The van der Waals surface area contributed by atoms with Crippen LogP contribution >= 0.6 is 11.8 Å².